The van der Waals surface area contributed by atoms with Gasteiger partial charge in [-0.2, -0.15) is 4.98 Å². The van der Waals surface area contributed by atoms with Crippen molar-refractivity contribution in [1.29, 1.82) is 0 Å². The summed E-state index contributed by atoms with van der Waals surface area (Å²) in [7, 11) is 0. The number of fused-ring (bicyclic) bond motifs is 1. The molecule has 1 amide bonds. The van der Waals surface area contributed by atoms with Gasteiger partial charge < -0.3 is 16.0 Å². The molecule has 27 heavy (non-hydrogen) atoms. The van der Waals surface area contributed by atoms with E-state index in [-0.39, 0.29) is 5.41 Å². The Morgan fingerprint density at radius 2 is 2.11 bits per heavy atom. The number of nitrogens with zero attached hydrogens (tertiary/aromatic N) is 2. The molecule has 0 aliphatic heterocycles. The maximum atomic E-state index is 11.8. The highest BCUT2D eigenvalue weighted by Crippen LogP contribution is 2.46. The molecule has 0 spiro atoms. The number of hydrogen-bond donors (Lipinski definition) is 2. The molecule has 1 aliphatic carbocycles. The van der Waals surface area contributed by atoms with Crippen molar-refractivity contribution in [2.45, 2.75) is 44.4 Å². The average molecular weight is 382 g/mol. The summed E-state index contributed by atoms with van der Waals surface area (Å²) in [6, 6.07) is 10.5. The summed E-state index contributed by atoms with van der Waals surface area (Å²) in [6.07, 6.45) is 4.16. The van der Waals surface area contributed by atoms with Crippen LogP contribution in [0.25, 0.3) is 0 Å². The second kappa shape index (κ2) is 6.81. The van der Waals surface area contributed by atoms with Crippen molar-refractivity contribution in [2.24, 2.45) is 5.73 Å². The summed E-state index contributed by atoms with van der Waals surface area (Å²) in [5.74, 6) is 0.887. The van der Waals surface area contributed by atoms with Crippen molar-refractivity contribution < 1.29 is 9.32 Å². The molecule has 0 bridgehead atoms. The molecule has 2 aromatic heterocycles. The smallest absolute Gasteiger partial charge is 0.251 e. The van der Waals surface area contributed by atoms with E-state index < -0.39 is 5.91 Å². The zero-order chi connectivity index (χ0) is 19.0. The fraction of sp³-hybridized carbons (Fsp3) is 0.350. The summed E-state index contributed by atoms with van der Waals surface area (Å²) in [5, 5.41) is 4.43. The highest BCUT2D eigenvalue weighted by atomic mass is 32.1. The van der Waals surface area contributed by atoms with Gasteiger partial charge in [0.2, 0.25) is 5.89 Å². The SMILES string of the molecule is Cc1noc(CCC2(c3ccccc3)CCc3c(sc(N)c3C(N)=O)C2)n1. The minimum absolute atomic E-state index is 0.0527. The maximum absolute atomic E-state index is 11.8. The van der Waals surface area contributed by atoms with Gasteiger partial charge in [-0.25, -0.2) is 0 Å². The van der Waals surface area contributed by atoms with Crippen LogP contribution in [0.5, 0.6) is 0 Å². The second-order valence-electron chi connectivity index (χ2n) is 7.17. The van der Waals surface area contributed by atoms with Crippen LogP contribution in [0.2, 0.25) is 0 Å². The lowest BCUT2D eigenvalue weighted by Crippen LogP contribution is -2.34. The standard InChI is InChI=1S/C20H22N4O2S/c1-12-23-16(26-24-12)8-10-20(13-5-3-2-4-6-13)9-7-14-15(11-20)27-19(22)17(14)18(21)25/h2-6H,7-11,22H2,1H3,(H2,21,25). The van der Waals surface area contributed by atoms with Crippen molar-refractivity contribution in [3.05, 3.63) is 63.6 Å². The van der Waals surface area contributed by atoms with Crippen LogP contribution in [0, 0.1) is 6.92 Å². The molecule has 7 heteroatoms. The lowest BCUT2D eigenvalue weighted by molar-refractivity contribution is 0.1000. The van der Waals surface area contributed by atoms with Crippen LogP contribution in [-0.4, -0.2) is 16.0 Å². The number of thiophene rings is 1. The van der Waals surface area contributed by atoms with E-state index in [1.165, 1.54) is 16.9 Å². The molecule has 2 heterocycles. The topological polar surface area (TPSA) is 108 Å². The van der Waals surface area contributed by atoms with E-state index in [0.717, 1.165) is 36.1 Å². The number of aryl methyl sites for hydroxylation is 2. The van der Waals surface area contributed by atoms with Gasteiger partial charge in [0.15, 0.2) is 5.82 Å². The Balaban J connectivity index is 1.70. The number of carbonyl (C=O) groups is 1. The van der Waals surface area contributed by atoms with Gasteiger partial charge in [-0.05, 0) is 43.7 Å². The van der Waals surface area contributed by atoms with Crippen molar-refractivity contribution >= 4 is 22.2 Å². The highest BCUT2D eigenvalue weighted by Gasteiger charge is 2.39. The van der Waals surface area contributed by atoms with Crippen LogP contribution in [0.3, 0.4) is 0 Å². The van der Waals surface area contributed by atoms with E-state index >= 15 is 0 Å². The normalized spacial score (nSPS) is 19.0. The summed E-state index contributed by atoms with van der Waals surface area (Å²) in [4.78, 5) is 17.3. The quantitative estimate of drug-likeness (QED) is 0.704. The zero-order valence-electron chi connectivity index (χ0n) is 15.2. The van der Waals surface area contributed by atoms with Gasteiger partial charge >= 0.3 is 0 Å². The molecule has 4 rings (SSSR count). The molecule has 1 atom stereocenters. The average Bonchev–Trinajstić information content (AvgIpc) is 3.22. The first-order chi connectivity index (χ1) is 13.0. The maximum Gasteiger partial charge on any atom is 0.251 e. The molecule has 0 saturated carbocycles. The van der Waals surface area contributed by atoms with Crippen molar-refractivity contribution in [3.63, 3.8) is 0 Å². The lowest BCUT2D eigenvalue weighted by Gasteiger charge is -2.38. The summed E-state index contributed by atoms with van der Waals surface area (Å²) < 4.78 is 5.32. The number of carbonyl (C=O) groups excluding carboxylic acids is 1. The lowest BCUT2D eigenvalue weighted by atomic mass is 9.66. The summed E-state index contributed by atoms with van der Waals surface area (Å²) >= 11 is 1.49. The number of benzene rings is 1. The first-order valence-corrected chi connectivity index (χ1v) is 9.85. The Bertz CT molecular complexity index is 979. The Morgan fingerprint density at radius 1 is 1.33 bits per heavy atom. The number of nitrogen functional groups attached to an aromatic ring is 1. The van der Waals surface area contributed by atoms with E-state index in [9.17, 15) is 4.79 Å². The summed E-state index contributed by atoms with van der Waals surface area (Å²) in [5.41, 5.74) is 14.4. The minimum Gasteiger partial charge on any atom is -0.390 e. The first kappa shape index (κ1) is 17.7. The third kappa shape index (κ3) is 3.23. The first-order valence-electron chi connectivity index (χ1n) is 9.03. The molecule has 140 valence electrons. The van der Waals surface area contributed by atoms with Gasteiger partial charge in [0.25, 0.3) is 5.91 Å². The van der Waals surface area contributed by atoms with Gasteiger partial charge in [-0.15, -0.1) is 11.3 Å². The molecule has 1 aromatic carbocycles. The van der Waals surface area contributed by atoms with E-state index in [1.807, 2.05) is 13.0 Å². The van der Waals surface area contributed by atoms with Crippen LogP contribution in [0.15, 0.2) is 34.9 Å². The number of amides is 1. The Hall–Kier alpha value is -2.67. The zero-order valence-corrected chi connectivity index (χ0v) is 16.0. The third-order valence-corrected chi connectivity index (χ3v) is 6.55. The number of hydrogen-bond acceptors (Lipinski definition) is 6. The van der Waals surface area contributed by atoms with E-state index in [1.54, 1.807) is 0 Å². The highest BCUT2D eigenvalue weighted by molar-refractivity contribution is 7.16. The fourth-order valence-electron chi connectivity index (χ4n) is 4.15. The van der Waals surface area contributed by atoms with Crippen LogP contribution in [-0.2, 0) is 24.7 Å². The largest absolute Gasteiger partial charge is 0.390 e. The molecule has 1 unspecified atom stereocenters. The van der Waals surface area contributed by atoms with Crippen LogP contribution < -0.4 is 11.5 Å². The number of anilines is 1. The number of primary amides is 1. The monoisotopic (exact) mass is 382 g/mol. The van der Waals surface area contributed by atoms with Gasteiger partial charge in [0.1, 0.15) is 0 Å². The van der Waals surface area contributed by atoms with Crippen LogP contribution in [0.1, 0.15) is 50.9 Å². The molecule has 0 fully saturated rings. The number of rotatable bonds is 5. The molecular weight excluding hydrogens is 360 g/mol. The molecule has 4 N–H and O–H groups in total. The van der Waals surface area contributed by atoms with Gasteiger partial charge in [-0.1, -0.05) is 35.5 Å². The molecule has 1 aliphatic rings. The van der Waals surface area contributed by atoms with Gasteiger partial charge in [0.05, 0.1) is 10.6 Å². The van der Waals surface area contributed by atoms with E-state index in [0.29, 0.717) is 28.7 Å². The van der Waals surface area contributed by atoms with Crippen molar-refractivity contribution in [1.82, 2.24) is 10.1 Å². The second-order valence-corrected chi connectivity index (χ2v) is 8.30. The predicted molar refractivity (Wildman–Crippen MR) is 105 cm³/mol. The molecule has 0 radical (unpaired) electrons. The Morgan fingerprint density at radius 3 is 2.78 bits per heavy atom. The van der Waals surface area contributed by atoms with Gasteiger partial charge in [0, 0.05) is 16.7 Å². The van der Waals surface area contributed by atoms with Crippen LogP contribution >= 0.6 is 11.3 Å². The van der Waals surface area contributed by atoms with E-state index in [2.05, 4.69) is 34.4 Å². The Labute approximate surface area is 161 Å². The molecular formula is C20H22N4O2S. The molecule has 0 saturated heterocycles. The van der Waals surface area contributed by atoms with Crippen molar-refractivity contribution in [2.75, 3.05) is 5.73 Å². The molecule has 6 nitrogen and oxygen atoms in total. The number of nitrogens with two attached hydrogens (primary N) is 2. The fourth-order valence-corrected chi connectivity index (χ4v) is 5.42. The third-order valence-electron chi connectivity index (χ3n) is 5.49. The predicted octanol–water partition coefficient (Wildman–Crippen LogP) is 3.18. The Kier molecular flexibility index (Phi) is 4.47. The van der Waals surface area contributed by atoms with Crippen molar-refractivity contribution in [3.8, 4) is 0 Å². The minimum atomic E-state index is -0.432. The summed E-state index contributed by atoms with van der Waals surface area (Å²) in [6.45, 7) is 1.83. The van der Waals surface area contributed by atoms with Crippen LogP contribution in [0.4, 0.5) is 5.00 Å². The van der Waals surface area contributed by atoms with E-state index in [4.69, 9.17) is 16.0 Å². The molecule has 3 aromatic rings. The van der Waals surface area contributed by atoms with Gasteiger partial charge in [-0.3, -0.25) is 4.79 Å². The number of aromatic nitrogens is 2.